The number of hydrogen-bond acceptors (Lipinski definition) is 5. The maximum absolute atomic E-state index is 13.1. The fourth-order valence-electron chi connectivity index (χ4n) is 4.69. The van der Waals surface area contributed by atoms with E-state index in [4.69, 9.17) is 0 Å². The number of aryl methyl sites for hydroxylation is 2. The molecule has 1 aliphatic heterocycles. The minimum absolute atomic E-state index is 0.173. The number of aromatic nitrogens is 4. The summed E-state index contributed by atoms with van der Waals surface area (Å²) in [5.74, 6) is 0. The summed E-state index contributed by atoms with van der Waals surface area (Å²) in [5.41, 5.74) is 4.19. The van der Waals surface area contributed by atoms with E-state index >= 15 is 0 Å². The number of piperidine rings is 1. The van der Waals surface area contributed by atoms with E-state index in [-0.39, 0.29) is 12.1 Å². The summed E-state index contributed by atoms with van der Waals surface area (Å²) in [6.45, 7) is 6.97. The van der Waals surface area contributed by atoms with Crippen molar-refractivity contribution in [1.82, 2.24) is 24.2 Å². The molecule has 0 saturated carbocycles. The van der Waals surface area contributed by atoms with E-state index in [1.807, 2.05) is 30.3 Å². The van der Waals surface area contributed by atoms with Crippen LogP contribution in [-0.2, 0) is 13.1 Å². The molecule has 3 heterocycles. The third kappa shape index (κ3) is 4.34. The second kappa shape index (κ2) is 8.57. The van der Waals surface area contributed by atoms with Crippen LogP contribution in [0.4, 0.5) is 0 Å². The molecule has 1 N–H and O–H groups in total. The number of fused-ring (bicyclic) bond motifs is 1. The Balaban J connectivity index is 1.30. The van der Waals surface area contributed by atoms with E-state index < -0.39 is 5.60 Å². The number of likely N-dealkylation sites (tertiary alicyclic amines) is 1. The molecule has 0 atom stereocenters. The van der Waals surface area contributed by atoms with Crippen molar-refractivity contribution in [2.75, 3.05) is 13.1 Å². The highest BCUT2D eigenvalue weighted by Crippen LogP contribution is 2.26. The lowest BCUT2D eigenvalue weighted by Crippen LogP contribution is -2.47. The molecule has 7 nitrogen and oxygen atoms in total. The topological polar surface area (TPSA) is 76.2 Å². The predicted octanol–water partition coefficient (Wildman–Crippen LogP) is 3.23. The minimum Gasteiger partial charge on any atom is -0.388 e. The smallest absolute Gasteiger partial charge is 0.264 e. The van der Waals surface area contributed by atoms with Gasteiger partial charge in [0, 0.05) is 19.6 Å². The Kier molecular flexibility index (Phi) is 5.60. The first-order valence-electron chi connectivity index (χ1n) is 11.4. The first-order valence-corrected chi connectivity index (χ1v) is 11.4. The average Bonchev–Trinajstić information content (AvgIpc) is 3.25. The normalized spacial score (nSPS) is 16.3. The van der Waals surface area contributed by atoms with Crippen molar-refractivity contribution in [3.63, 3.8) is 0 Å². The Labute approximate surface area is 192 Å². The number of benzene rings is 2. The molecule has 0 spiro atoms. The summed E-state index contributed by atoms with van der Waals surface area (Å²) < 4.78 is 3.19. The summed E-state index contributed by atoms with van der Waals surface area (Å²) in [6, 6.07) is 16.2. The predicted molar refractivity (Wildman–Crippen MR) is 129 cm³/mol. The number of hydrogen-bond donors (Lipinski definition) is 1. The van der Waals surface area contributed by atoms with Crippen LogP contribution in [0.3, 0.4) is 0 Å². The second-order valence-electron chi connectivity index (χ2n) is 9.24. The van der Waals surface area contributed by atoms with Crippen LogP contribution in [0.5, 0.6) is 0 Å². The van der Waals surface area contributed by atoms with Crippen molar-refractivity contribution in [2.24, 2.45) is 0 Å². The Morgan fingerprint density at radius 3 is 2.55 bits per heavy atom. The summed E-state index contributed by atoms with van der Waals surface area (Å²) in [6.07, 6.45) is 4.33. The maximum atomic E-state index is 13.1. The fraction of sp³-hybridized carbons (Fsp3) is 0.346. The highest BCUT2D eigenvalue weighted by atomic mass is 16.3. The molecule has 1 saturated heterocycles. The van der Waals surface area contributed by atoms with Crippen LogP contribution >= 0.6 is 0 Å². The standard InChI is InChI=1S/C26H29N5O2/c1-19-8-9-21(20(2)14-19)16-29-12-10-26(33,11-13-29)17-30-18-27-24-23(25(30)32)15-28-31(24)22-6-4-3-5-7-22/h3-9,14-15,18,33H,10-13,16-17H2,1-2H3. The quantitative estimate of drug-likeness (QED) is 0.513. The van der Waals surface area contributed by atoms with Gasteiger partial charge in [-0.25, -0.2) is 9.67 Å². The van der Waals surface area contributed by atoms with Crippen molar-refractivity contribution in [2.45, 2.75) is 45.4 Å². The van der Waals surface area contributed by atoms with Crippen LogP contribution in [0.2, 0.25) is 0 Å². The van der Waals surface area contributed by atoms with Gasteiger partial charge < -0.3 is 5.11 Å². The molecular weight excluding hydrogens is 414 g/mol. The molecule has 1 aliphatic rings. The minimum atomic E-state index is -0.923. The monoisotopic (exact) mass is 443 g/mol. The first kappa shape index (κ1) is 21.6. The van der Waals surface area contributed by atoms with E-state index in [9.17, 15) is 9.90 Å². The van der Waals surface area contributed by atoms with Crippen LogP contribution in [0, 0.1) is 13.8 Å². The average molecular weight is 444 g/mol. The van der Waals surface area contributed by atoms with Gasteiger partial charge in [0.25, 0.3) is 5.56 Å². The molecule has 2 aromatic heterocycles. The summed E-state index contributed by atoms with van der Waals surface area (Å²) >= 11 is 0. The Hall–Kier alpha value is -3.29. The third-order valence-corrected chi connectivity index (χ3v) is 6.70. The van der Waals surface area contributed by atoms with Gasteiger partial charge in [0.2, 0.25) is 0 Å². The molecule has 5 rings (SSSR count). The van der Waals surface area contributed by atoms with Gasteiger partial charge in [0.1, 0.15) is 11.7 Å². The van der Waals surface area contributed by atoms with E-state index in [1.165, 1.54) is 27.6 Å². The molecule has 7 heteroatoms. The lowest BCUT2D eigenvalue weighted by atomic mass is 9.90. The molecule has 0 aliphatic carbocycles. The fourth-order valence-corrected chi connectivity index (χ4v) is 4.69. The highest BCUT2D eigenvalue weighted by Gasteiger charge is 2.33. The van der Waals surface area contributed by atoms with Crippen molar-refractivity contribution >= 4 is 11.0 Å². The molecule has 1 fully saturated rings. The summed E-state index contributed by atoms with van der Waals surface area (Å²) in [7, 11) is 0. The lowest BCUT2D eigenvalue weighted by Gasteiger charge is -2.38. The zero-order chi connectivity index (χ0) is 23.0. The Morgan fingerprint density at radius 1 is 1.06 bits per heavy atom. The molecule has 170 valence electrons. The van der Waals surface area contributed by atoms with Crippen LogP contribution in [0.1, 0.15) is 29.5 Å². The second-order valence-corrected chi connectivity index (χ2v) is 9.24. The number of nitrogens with zero attached hydrogens (tertiary/aromatic N) is 5. The van der Waals surface area contributed by atoms with Gasteiger partial charge in [-0.05, 0) is 49.9 Å². The number of para-hydroxylation sites is 1. The third-order valence-electron chi connectivity index (χ3n) is 6.70. The largest absolute Gasteiger partial charge is 0.388 e. The van der Waals surface area contributed by atoms with Crippen molar-refractivity contribution in [3.05, 3.63) is 88.1 Å². The van der Waals surface area contributed by atoms with E-state index in [1.54, 1.807) is 10.9 Å². The summed E-state index contributed by atoms with van der Waals surface area (Å²) in [4.78, 5) is 20.0. The van der Waals surface area contributed by atoms with Gasteiger partial charge >= 0.3 is 0 Å². The van der Waals surface area contributed by atoms with Crippen LogP contribution in [0.15, 0.2) is 65.8 Å². The molecule has 0 unspecified atom stereocenters. The molecule has 0 amide bonds. The van der Waals surface area contributed by atoms with Gasteiger partial charge in [-0.3, -0.25) is 14.3 Å². The van der Waals surface area contributed by atoms with Crippen LogP contribution < -0.4 is 5.56 Å². The lowest BCUT2D eigenvalue weighted by molar-refractivity contribution is -0.0365. The molecular formula is C26H29N5O2. The molecule has 0 radical (unpaired) electrons. The number of rotatable bonds is 5. The van der Waals surface area contributed by atoms with Gasteiger partial charge in [-0.1, -0.05) is 42.0 Å². The van der Waals surface area contributed by atoms with E-state index in [2.05, 4.69) is 47.0 Å². The van der Waals surface area contributed by atoms with E-state index in [0.29, 0.717) is 23.9 Å². The SMILES string of the molecule is Cc1ccc(CN2CCC(O)(Cn3cnc4c(cnn4-c4ccccc4)c3=O)CC2)c(C)c1. The van der Waals surface area contributed by atoms with E-state index in [0.717, 1.165) is 25.3 Å². The first-order chi connectivity index (χ1) is 15.9. The van der Waals surface area contributed by atoms with Gasteiger partial charge in [0.05, 0.1) is 24.0 Å². The molecule has 4 aromatic rings. The van der Waals surface area contributed by atoms with Crippen molar-refractivity contribution in [3.8, 4) is 5.69 Å². The Bertz CT molecular complexity index is 1330. The maximum Gasteiger partial charge on any atom is 0.264 e. The van der Waals surface area contributed by atoms with Gasteiger partial charge in [-0.2, -0.15) is 5.10 Å². The van der Waals surface area contributed by atoms with Crippen LogP contribution in [0.25, 0.3) is 16.7 Å². The highest BCUT2D eigenvalue weighted by molar-refractivity contribution is 5.74. The Morgan fingerprint density at radius 2 is 1.82 bits per heavy atom. The van der Waals surface area contributed by atoms with Crippen LogP contribution in [-0.4, -0.2) is 48.0 Å². The zero-order valence-corrected chi connectivity index (χ0v) is 19.1. The zero-order valence-electron chi connectivity index (χ0n) is 19.1. The van der Waals surface area contributed by atoms with Crippen molar-refractivity contribution < 1.29 is 5.11 Å². The number of aliphatic hydroxyl groups is 1. The summed E-state index contributed by atoms with van der Waals surface area (Å²) in [5, 5.41) is 16.1. The molecule has 33 heavy (non-hydrogen) atoms. The van der Waals surface area contributed by atoms with Gasteiger partial charge in [0.15, 0.2) is 5.65 Å². The van der Waals surface area contributed by atoms with Crippen molar-refractivity contribution in [1.29, 1.82) is 0 Å². The molecule has 2 aromatic carbocycles. The van der Waals surface area contributed by atoms with Gasteiger partial charge in [-0.15, -0.1) is 0 Å². The molecule has 0 bridgehead atoms.